The first kappa shape index (κ1) is 18.6. The SMILES string of the molecule is Cc1cc(-c2ccc3c(c2)Cc2ccccc2-3)nc(-c2ccc3c(c2)Cc2ccccc2-3)c1. The standard InChI is InChI=1S/C32H23N/c1-20-14-31(23-10-12-29-25(18-23)16-21-6-2-4-8-27(21)29)33-32(15-20)24-11-13-30-26(19-24)17-22-7-3-5-9-28(22)30/h2-15,18-19H,16-17H2,1H3. The van der Waals surface area contributed by atoms with Crippen LogP contribution in [-0.4, -0.2) is 4.98 Å². The monoisotopic (exact) mass is 421 g/mol. The molecule has 0 bridgehead atoms. The minimum Gasteiger partial charge on any atom is -0.248 e. The van der Waals surface area contributed by atoms with Gasteiger partial charge < -0.3 is 0 Å². The molecule has 0 radical (unpaired) electrons. The Morgan fingerprint density at radius 3 is 1.45 bits per heavy atom. The fraction of sp³-hybridized carbons (Fsp3) is 0.0938. The average molecular weight is 422 g/mol. The minimum atomic E-state index is 1.00. The van der Waals surface area contributed by atoms with Gasteiger partial charge in [0.25, 0.3) is 0 Å². The Kier molecular flexibility index (Phi) is 3.95. The first-order valence-corrected chi connectivity index (χ1v) is 11.6. The smallest absolute Gasteiger partial charge is 0.0712 e. The van der Waals surface area contributed by atoms with Gasteiger partial charge >= 0.3 is 0 Å². The lowest BCUT2D eigenvalue weighted by molar-refractivity contribution is 1.24. The highest BCUT2D eigenvalue weighted by atomic mass is 14.7. The molecule has 4 aromatic carbocycles. The van der Waals surface area contributed by atoms with E-state index in [0.717, 1.165) is 24.2 Å². The predicted molar refractivity (Wildman–Crippen MR) is 136 cm³/mol. The van der Waals surface area contributed by atoms with Crippen LogP contribution in [0.15, 0.2) is 97.1 Å². The van der Waals surface area contributed by atoms with E-state index in [2.05, 4.69) is 104 Å². The molecule has 0 saturated carbocycles. The first-order chi connectivity index (χ1) is 16.2. The van der Waals surface area contributed by atoms with E-state index in [-0.39, 0.29) is 0 Å². The average Bonchev–Trinajstić information content (AvgIpc) is 3.40. The van der Waals surface area contributed by atoms with E-state index in [1.807, 2.05) is 0 Å². The Hall–Kier alpha value is -3.97. The maximum absolute atomic E-state index is 5.12. The van der Waals surface area contributed by atoms with Crippen LogP contribution >= 0.6 is 0 Å². The highest BCUT2D eigenvalue weighted by molar-refractivity contribution is 5.82. The number of pyridine rings is 1. The van der Waals surface area contributed by atoms with Crippen molar-refractivity contribution in [2.75, 3.05) is 0 Å². The van der Waals surface area contributed by atoms with Crippen LogP contribution in [0.25, 0.3) is 44.8 Å². The number of hydrogen-bond acceptors (Lipinski definition) is 1. The van der Waals surface area contributed by atoms with Gasteiger partial charge in [-0.2, -0.15) is 0 Å². The van der Waals surface area contributed by atoms with Crippen molar-refractivity contribution in [2.45, 2.75) is 19.8 Å². The second-order valence-corrected chi connectivity index (χ2v) is 9.33. The van der Waals surface area contributed by atoms with Gasteiger partial charge in [-0.25, -0.2) is 4.98 Å². The van der Waals surface area contributed by atoms with Gasteiger partial charge in [-0.15, -0.1) is 0 Å². The maximum Gasteiger partial charge on any atom is 0.0712 e. The molecule has 0 aliphatic heterocycles. The number of hydrogen-bond donors (Lipinski definition) is 0. The summed E-state index contributed by atoms with van der Waals surface area (Å²) >= 11 is 0. The molecule has 7 rings (SSSR count). The van der Waals surface area contributed by atoms with Gasteiger partial charge in [0.05, 0.1) is 11.4 Å². The molecular weight excluding hydrogens is 398 g/mol. The van der Waals surface area contributed by atoms with Gasteiger partial charge in [-0.05, 0) is 94.1 Å². The van der Waals surface area contributed by atoms with Crippen molar-refractivity contribution < 1.29 is 0 Å². The molecule has 2 aliphatic rings. The van der Waals surface area contributed by atoms with Crippen LogP contribution in [-0.2, 0) is 12.8 Å². The summed E-state index contributed by atoms with van der Waals surface area (Å²) in [4.78, 5) is 5.12. The lowest BCUT2D eigenvalue weighted by Gasteiger charge is -2.10. The molecule has 0 N–H and O–H groups in total. The largest absolute Gasteiger partial charge is 0.248 e. The van der Waals surface area contributed by atoms with E-state index in [9.17, 15) is 0 Å². The molecule has 1 nitrogen and oxygen atoms in total. The van der Waals surface area contributed by atoms with Gasteiger partial charge in [0.1, 0.15) is 0 Å². The van der Waals surface area contributed by atoms with E-state index in [0.29, 0.717) is 0 Å². The first-order valence-electron chi connectivity index (χ1n) is 11.6. The molecule has 1 heterocycles. The summed E-state index contributed by atoms with van der Waals surface area (Å²) < 4.78 is 0. The molecule has 156 valence electrons. The quantitative estimate of drug-likeness (QED) is 0.277. The molecule has 0 fully saturated rings. The van der Waals surface area contributed by atoms with Crippen molar-refractivity contribution >= 4 is 0 Å². The number of benzene rings is 4. The van der Waals surface area contributed by atoms with E-state index < -0.39 is 0 Å². The third-order valence-corrected chi connectivity index (χ3v) is 7.15. The summed E-state index contributed by atoms with van der Waals surface area (Å²) in [5.74, 6) is 0. The minimum absolute atomic E-state index is 1.00. The zero-order chi connectivity index (χ0) is 21.9. The highest BCUT2D eigenvalue weighted by Gasteiger charge is 2.20. The Morgan fingerprint density at radius 1 is 0.485 bits per heavy atom. The van der Waals surface area contributed by atoms with Crippen LogP contribution in [0.2, 0.25) is 0 Å². The molecule has 1 heteroatoms. The van der Waals surface area contributed by atoms with Crippen LogP contribution in [0.5, 0.6) is 0 Å². The fourth-order valence-electron chi connectivity index (χ4n) is 5.57. The lowest BCUT2D eigenvalue weighted by Crippen LogP contribution is -1.92. The molecular formula is C32H23N. The number of aromatic nitrogens is 1. The molecule has 0 atom stereocenters. The maximum atomic E-state index is 5.12. The van der Waals surface area contributed by atoms with E-state index in [1.165, 1.54) is 61.2 Å². The lowest BCUT2D eigenvalue weighted by atomic mass is 9.99. The fourth-order valence-corrected chi connectivity index (χ4v) is 5.57. The number of fused-ring (bicyclic) bond motifs is 6. The molecule has 33 heavy (non-hydrogen) atoms. The molecule has 0 amide bonds. The Balaban J connectivity index is 1.28. The zero-order valence-corrected chi connectivity index (χ0v) is 18.6. The number of rotatable bonds is 2. The summed E-state index contributed by atoms with van der Waals surface area (Å²) in [5.41, 5.74) is 16.8. The van der Waals surface area contributed by atoms with Crippen LogP contribution < -0.4 is 0 Å². The van der Waals surface area contributed by atoms with Crippen molar-refractivity contribution in [3.8, 4) is 44.8 Å². The second kappa shape index (κ2) is 7.02. The predicted octanol–water partition coefficient (Wildman–Crippen LogP) is 7.87. The summed E-state index contributed by atoms with van der Waals surface area (Å²) in [5, 5.41) is 0. The Bertz CT molecular complexity index is 1460. The molecule has 5 aromatic rings. The highest BCUT2D eigenvalue weighted by Crippen LogP contribution is 2.40. The van der Waals surface area contributed by atoms with Gasteiger partial charge in [-0.3, -0.25) is 0 Å². The number of nitrogens with zero attached hydrogens (tertiary/aromatic N) is 1. The van der Waals surface area contributed by atoms with Crippen molar-refractivity contribution in [3.63, 3.8) is 0 Å². The van der Waals surface area contributed by atoms with E-state index in [4.69, 9.17) is 4.98 Å². The normalized spacial score (nSPS) is 12.8. The van der Waals surface area contributed by atoms with Crippen molar-refractivity contribution in [1.29, 1.82) is 0 Å². The van der Waals surface area contributed by atoms with Crippen molar-refractivity contribution in [2.24, 2.45) is 0 Å². The van der Waals surface area contributed by atoms with Crippen LogP contribution in [0, 0.1) is 6.92 Å². The summed E-state index contributed by atoms with van der Waals surface area (Å²) in [6.07, 6.45) is 2.01. The van der Waals surface area contributed by atoms with Crippen LogP contribution in [0.4, 0.5) is 0 Å². The summed E-state index contributed by atoms with van der Waals surface area (Å²) in [6, 6.07) is 35.5. The second-order valence-electron chi connectivity index (χ2n) is 9.33. The molecule has 0 spiro atoms. The third kappa shape index (κ3) is 2.97. The topological polar surface area (TPSA) is 12.9 Å². The van der Waals surface area contributed by atoms with Crippen molar-refractivity contribution in [3.05, 3.63) is 125 Å². The van der Waals surface area contributed by atoms with Gasteiger partial charge in [0.2, 0.25) is 0 Å². The Labute approximate surface area is 194 Å². The molecule has 2 aliphatic carbocycles. The third-order valence-electron chi connectivity index (χ3n) is 7.15. The van der Waals surface area contributed by atoms with Crippen LogP contribution in [0.3, 0.4) is 0 Å². The molecule has 0 unspecified atom stereocenters. The molecule has 0 saturated heterocycles. The number of aryl methyl sites for hydroxylation is 1. The summed E-state index contributed by atoms with van der Waals surface area (Å²) in [6.45, 7) is 2.17. The zero-order valence-electron chi connectivity index (χ0n) is 18.6. The Morgan fingerprint density at radius 2 is 0.939 bits per heavy atom. The van der Waals surface area contributed by atoms with E-state index >= 15 is 0 Å². The van der Waals surface area contributed by atoms with E-state index in [1.54, 1.807) is 0 Å². The summed E-state index contributed by atoms with van der Waals surface area (Å²) in [7, 11) is 0. The van der Waals surface area contributed by atoms with Gasteiger partial charge in [0, 0.05) is 11.1 Å². The van der Waals surface area contributed by atoms with Crippen LogP contribution in [0.1, 0.15) is 27.8 Å². The van der Waals surface area contributed by atoms with Gasteiger partial charge in [-0.1, -0.05) is 72.8 Å². The van der Waals surface area contributed by atoms with Gasteiger partial charge in [0.15, 0.2) is 0 Å². The molecule has 1 aromatic heterocycles. The van der Waals surface area contributed by atoms with Crippen molar-refractivity contribution in [1.82, 2.24) is 4.98 Å².